The third-order valence-corrected chi connectivity index (χ3v) is 2.80. The Bertz CT molecular complexity index is 438. The molecule has 0 aromatic heterocycles. The second-order valence-corrected chi connectivity index (χ2v) is 4.10. The lowest BCUT2D eigenvalue weighted by Crippen LogP contribution is -2.34. The number of amides is 1. The van der Waals surface area contributed by atoms with Crippen LogP contribution in [0.2, 0.25) is 5.02 Å². The summed E-state index contributed by atoms with van der Waals surface area (Å²) in [4.78, 5) is 11.7. The number of hydrogen-bond donors (Lipinski definition) is 2. The first-order valence-corrected chi connectivity index (χ1v) is 5.89. The van der Waals surface area contributed by atoms with Gasteiger partial charge in [0.15, 0.2) is 0 Å². The van der Waals surface area contributed by atoms with E-state index in [9.17, 15) is 4.79 Å². The van der Waals surface area contributed by atoms with Crippen LogP contribution < -0.4 is 20.5 Å². The van der Waals surface area contributed by atoms with E-state index in [-0.39, 0.29) is 5.91 Å². The number of hydrogen-bond acceptors (Lipinski definition) is 4. The molecule has 1 aromatic rings. The van der Waals surface area contributed by atoms with E-state index >= 15 is 0 Å². The molecule has 0 bridgehead atoms. The number of rotatable bonds is 5. The van der Waals surface area contributed by atoms with Crippen LogP contribution in [0.25, 0.3) is 0 Å². The zero-order chi connectivity index (χ0) is 13.7. The maximum absolute atomic E-state index is 11.7. The first-order valence-electron chi connectivity index (χ1n) is 5.51. The normalized spacial score (nSPS) is 11.8. The molecule has 1 aromatic carbocycles. The number of anilines is 1. The lowest BCUT2D eigenvalue weighted by Gasteiger charge is -2.15. The van der Waals surface area contributed by atoms with Crippen molar-refractivity contribution < 1.29 is 14.3 Å². The summed E-state index contributed by atoms with van der Waals surface area (Å²) in [5, 5.41) is 3.06. The van der Waals surface area contributed by atoms with Crippen LogP contribution in [0.4, 0.5) is 5.69 Å². The molecular weight excluding hydrogens is 256 g/mol. The standard InChI is InChI=1S/C12H17ClN2O3/c1-4-8(14)12(16)15-9-5-7(13)10(17-2)6-11(9)18-3/h5-6,8H,4,14H2,1-3H3,(H,15,16). The highest BCUT2D eigenvalue weighted by molar-refractivity contribution is 6.32. The van der Waals surface area contributed by atoms with Crippen molar-refractivity contribution in [1.29, 1.82) is 0 Å². The molecule has 0 aliphatic heterocycles. The van der Waals surface area contributed by atoms with Crippen molar-refractivity contribution in [2.45, 2.75) is 19.4 Å². The molecule has 0 radical (unpaired) electrons. The van der Waals surface area contributed by atoms with E-state index in [0.29, 0.717) is 28.6 Å². The van der Waals surface area contributed by atoms with Gasteiger partial charge in [0.05, 0.1) is 31.0 Å². The Morgan fingerprint density at radius 1 is 1.39 bits per heavy atom. The van der Waals surface area contributed by atoms with Crippen LogP contribution in [0.3, 0.4) is 0 Å². The van der Waals surface area contributed by atoms with Gasteiger partial charge in [-0.2, -0.15) is 0 Å². The molecule has 0 aliphatic carbocycles. The Kier molecular flexibility index (Phi) is 5.25. The van der Waals surface area contributed by atoms with Gasteiger partial charge in [0, 0.05) is 6.07 Å². The van der Waals surface area contributed by atoms with E-state index in [4.69, 9.17) is 26.8 Å². The maximum Gasteiger partial charge on any atom is 0.241 e. The van der Waals surface area contributed by atoms with Gasteiger partial charge in [-0.3, -0.25) is 4.79 Å². The largest absolute Gasteiger partial charge is 0.495 e. The quantitative estimate of drug-likeness (QED) is 0.860. The van der Waals surface area contributed by atoms with E-state index in [0.717, 1.165) is 0 Å². The van der Waals surface area contributed by atoms with Crippen LogP contribution in [0.5, 0.6) is 11.5 Å². The monoisotopic (exact) mass is 272 g/mol. The minimum Gasteiger partial charge on any atom is -0.495 e. The fourth-order valence-electron chi connectivity index (χ4n) is 1.37. The van der Waals surface area contributed by atoms with Crippen molar-refractivity contribution in [2.75, 3.05) is 19.5 Å². The minimum atomic E-state index is -0.560. The average molecular weight is 273 g/mol. The lowest BCUT2D eigenvalue weighted by atomic mass is 10.2. The summed E-state index contributed by atoms with van der Waals surface area (Å²) in [5.74, 6) is 0.663. The van der Waals surface area contributed by atoms with Gasteiger partial charge in [-0.15, -0.1) is 0 Å². The van der Waals surface area contributed by atoms with E-state index in [2.05, 4.69) is 5.32 Å². The van der Waals surface area contributed by atoms with Crippen LogP contribution in [0.1, 0.15) is 13.3 Å². The van der Waals surface area contributed by atoms with Crippen LogP contribution in [-0.4, -0.2) is 26.2 Å². The predicted molar refractivity (Wildman–Crippen MR) is 71.5 cm³/mol. The van der Waals surface area contributed by atoms with Gasteiger partial charge in [-0.05, 0) is 12.5 Å². The van der Waals surface area contributed by atoms with Crippen molar-refractivity contribution in [3.05, 3.63) is 17.2 Å². The summed E-state index contributed by atoms with van der Waals surface area (Å²) >= 11 is 5.99. The van der Waals surface area contributed by atoms with Gasteiger partial charge in [-0.1, -0.05) is 18.5 Å². The fraction of sp³-hybridized carbons (Fsp3) is 0.417. The topological polar surface area (TPSA) is 73.6 Å². The molecule has 3 N–H and O–H groups in total. The first-order chi connectivity index (χ1) is 8.53. The van der Waals surface area contributed by atoms with E-state index in [1.165, 1.54) is 14.2 Å². The van der Waals surface area contributed by atoms with Crippen LogP contribution in [-0.2, 0) is 4.79 Å². The molecule has 0 saturated heterocycles. The minimum absolute atomic E-state index is 0.281. The number of nitrogens with one attached hydrogen (secondary N) is 1. The molecule has 0 heterocycles. The number of halogens is 1. The molecule has 18 heavy (non-hydrogen) atoms. The average Bonchev–Trinajstić information content (AvgIpc) is 2.38. The number of ether oxygens (including phenoxy) is 2. The van der Waals surface area contributed by atoms with Gasteiger partial charge < -0.3 is 20.5 Å². The highest BCUT2D eigenvalue weighted by Crippen LogP contribution is 2.35. The third kappa shape index (κ3) is 3.27. The molecular formula is C12H17ClN2O3. The zero-order valence-electron chi connectivity index (χ0n) is 10.6. The van der Waals surface area contributed by atoms with Gasteiger partial charge in [0.25, 0.3) is 0 Å². The number of carbonyl (C=O) groups is 1. The molecule has 1 rings (SSSR count). The molecule has 1 unspecified atom stereocenters. The van der Waals surface area contributed by atoms with E-state index in [1.54, 1.807) is 12.1 Å². The van der Waals surface area contributed by atoms with E-state index in [1.807, 2.05) is 6.92 Å². The number of carbonyl (C=O) groups excluding carboxylic acids is 1. The molecule has 0 aliphatic rings. The second kappa shape index (κ2) is 6.47. The summed E-state index contributed by atoms with van der Waals surface area (Å²) in [7, 11) is 3.00. The van der Waals surface area contributed by atoms with Crippen molar-refractivity contribution in [2.24, 2.45) is 5.73 Å². The van der Waals surface area contributed by atoms with Gasteiger partial charge >= 0.3 is 0 Å². The SMILES string of the molecule is CCC(N)C(=O)Nc1cc(Cl)c(OC)cc1OC. The Morgan fingerprint density at radius 3 is 2.50 bits per heavy atom. The summed E-state index contributed by atoms with van der Waals surface area (Å²) in [6.07, 6.45) is 0.554. The van der Waals surface area contributed by atoms with Crippen molar-refractivity contribution in [1.82, 2.24) is 0 Å². The van der Waals surface area contributed by atoms with Crippen LogP contribution in [0.15, 0.2) is 12.1 Å². The summed E-state index contributed by atoms with van der Waals surface area (Å²) in [6.45, 7) is 1.84. The Hall–Kier alpha value is -1.46. The van der Waals surface area contributed by atoms with Crippen LogP contribution in [0, 0.1) is 0 Å². The number of nitrogens with two attached hydrogens (primary N) is 1. The second-order valence-electron chi connectivity index (χ2n) is 3.69. The smallest absolute Gasteiger partial charge is 0.241 e. The van der Waals surface area contributed by atoms with Gasteiger partial charge in [0.1, 0.15) is 11.5 Å². The first kappa shape index (κ1) is 14.6. The predicted octanol–water partition coefficient (Wildman–Crippen LogP) is 2.03. The number of methoxy groups -OCH3 is 2. The van der Waals surface area contributed by atoms with E-state index < -0.39 is 6.04 Å². The molecule has 1 atom stereocenters. The Labute approximate surface area is 111 Å². The molecule has 100 valence electrons. The molecule has 6 heteroatoms. The van der Waals surface area contributed by atoms with Gasteiger partial charge in [0.2, 0.25) is 5.91 Å². The molecule has 1 amide bonds. The fourth-order valence-corrected chi connectivity index (χ4v) is 1.61. The Morgan fingerprint density at radius 2 is 2.00 bits per heavy atom. The zero-order valence-corrected chi connectivity index (χ0v) is 11.4. The van der Waals surface area contributed by atoms with Crippen molar-refractivity contribution >= 4 is 23.2 Å². The number of benzene rings is 1. The van der Waals surface area contributed by atoms with Crippen molar-refractivity contribution in [3.8, 4) is 11.5 Å². The maximum atomic E-state index is 11.7. The molecule has 0 saturated carbocycles. The highest BCUT2D eigenvalue weighted by Gasteiger charge is 2.15. The van der Waals surface area contributed by atoms with Crippen molar-refractivity contribution in [3.63, 3.8) is 0 Å². The van der Waals surface area contributed by atoms with Crippen LogP contribution >= 0.6 is 11.6 Å². The van der Waals surface area contributed by atoms with Gasteiger partial charge in [-0.25, -0.2) is 0 Å². The molecule has 0 fully saturated rings. The lowest BCUT2D eigenvalue weighted by molar-refractivity contribution is -0.117. The summed E-state index contributed by atoms with van der Waals surface area (Å²) < 4.78 is 10.2. The highest BCUT2D eigenvalue weighted by atomic mass is 35.5. The molecule has 0 spiro atoms. The summed E-state index contributed by atoms with van der Waals surface area (Å²) in [5.41, 5.74) is 6.11. The third-order valence-electron chi connectivity index (χ3n) is 2.51. The summed E-state index contributed by atoms with van der Waals surface area (Å²) in [6, 6.07) is 2.62. The Balaban J connectivity index is 3.01. The molecule has 5 nitrogen and oxygen atoms in total.